The molecular formula is C10H10N6O4S. The van der Waals surface area contributed by atoms with Crippen LogP contribution in [0.3, 0.4) is 0 Å². The van der Waals surface area contributed by atoms with Crippen molar-refractivity contribution in [1.82, 2.24) is 14.9 Å². The largest absolute Gasteiger partial charge is 0.336 e. The highest BCUT2D eigenvalue weighted by Gasteiger charge is 2.22. The molecule has 21 heavy (non-hydrogen) atoms. The standard InChI is InChI=1S/C10H10N6O4S/c1-2-9-12-13-10(14(9)11)21-8-4-3-6(15(17)18)5-7(8)16(19)20/h3-5H,2,11H2,1H3. The number of aryl methyl sites for hydroxylation is 1. The molecule has 2 N–H and O–H groups in total. The third-order valence-electron chi connectivity index (χ3n) is 2.60. The number of hydrogen-bond acceptors (Lipinski definition) is 8. The fraction of sp³-hybridized carbons (Fsp3) is 0.200. The average molecular weight is 310 g/mol. The van der Waals surface area contributed by atoms with Gasteiger partial charge in [-0.3, -0.25) is 20.2 Å². The molecule has 11 heteroatoms. The third kappa shape index (κ3) is 2.91. The average Bonchev–Trinajstić information content (AvgIpc) is 2.79. The second-order valence-corrected chi connectivity index (χ2v) is 4.90. The Balaban J connectivity index is 2.41. The lowest BCUT2D eigenvalue weighted by Gasteiger charge is -2.03. The lowest BCUT2D eigenvalue weighted by Crippen LogP contribution is -2.13. The van der Waals surface area contributed by atoms with Crippen LogP contribution in [0.4, 0.5) is 11.4 Å². The van der Waals surface area contributed by atoms with Gasteiger partial charge in [0.05, 0.1) is 20.8 Å². The highest BCUT2D eigenvalue weighted by atomic mass is 32.2. The predicted molar refractivity (Wildman–Crippen MR) is 73.4 cm³/mol. The summed E-state index contributed by atoms with van der Waals surface area (Å²) in [6, 6.07) is 3.38. The van der Waals surface area contributed by atoms with Gasteiger partial charge in [-0.15, -0.1) is 10.2 Å². The first kappa shape index (κ1) is 14.7. The zero-order chi connectivity index (χ0) is 15.6. The predicted octanol–water partition coefficient (Wildman–Crippen LogP) is 1.52. The number of benzene rings is 1. The minimum atomic E-state index is -0.692. The quantitative estimate of drug-likeness (QED) is 0.497. The summed E-state index contributed by atoms with van der Waals surface area (Å²) >= 11 is 0.926. The molecule has 1 aromatic carbocycles. The molecule has 2 aromatic rings. The van der Waals surface area contributed by atoms with Gasteiger partial charge in [0, 0.05) is 12.5 Å². The van der Waals surface area contributed by atoms with Crippen molar-refractivity contribution in [2.75, 3.05) is 5.84 Å². The Morgan fingerprint density at radius 2 is 2.00 bits per heavy atom. The summed E-state index contributed by atoms with van der Waals surface area (Å²) in [6.07, 6.45) is 0.562. The summed E-state index contributed by atoms with van der Waals surface area (Å²) in [5.74, 6) is 6.29. The van der Waals surface area contributed by atoms with E-state index in [1.54, 1.807) is 0 Å². The van der Waals surface area contributed by atoms with E-state index < -0.39 is 9.85 Å². The zero-order valence-electron chi connectivity index (χ0n) is 10.8. The fourth-order valence-electron chi connectivity index (χ4n) is 1.56. The molecule has 1 heterocycles. The van der Waals surface area contributed by atoms with E-state index in [4.69, 9.17) is 5.84 Å². The Kier molecular flexibility index (Phi) is 4.03. The molecule has 10 nitrogen and oxygen atoms in total. The van der Waals surface area contributed by atoms with E-state index in [1.165, 1.54) is 16.8 Å². The third-order valence-corrected chi connectivity index (χ3v) is 3.63. The first-order chi connectivity index (χ1) is 9.93. The van der Waals surface area contributed by atoms with Crippen LogP contribution in [0.25, 0.3) is 0 Å². The number of non-ortho nitro benzene ring substituents is 1. The van der Waals surface area contributed by atoms with Crippen LogP contribution in [0.2, 0.25) is 0 Å². The number of nitro groups is 2. The summed E-state index contributed by atoms with van der Waals surface area (Å²) in [4.78, 5) is 20.5. The number of hydrogen-bond donors (Lipinski definition) is 1. The molecule has 110 valence electrons. The van der Waals surface area contributed by atoms with Gasteiger partial charge in [0.2, 0.25) is 5.16 Å². The van der Waals surface area contributed by atoms with Gasteiger partial charge in [-0.05, 0) is 17.8 Å². The maximum absolute atomic E-state index is 11.0. The Morgan fingerprint density at radius 1 is 1.29 bits per heavy atom. The smallest absolute Gasteiger partial charge is 0.290 e. The number of nitrogens with zero attached hydrogens (tertiary/aromatic N) is 5. The van der Waals surface area contributed by atoms with Gasteiger partial charge in [-0.1, -0.05) is 6.92 Å². The molecule has 0 spiro atoms. The van der Waals surface area contributed by atoms with E-state index >= 15 is 0 Å². The van der Waals surface area contributed by atoms with Crippen LogP contribution < -0.4 is 5.84 Å². The highest BCUT2D eigenvalue weighted by molar-refractivity contribution is 7.99. The fourth-order valence-corrected chi connectivity index (χ4v) is 2.42. The molecule has 0 saturated carbocycles. The minimum absolute atomic E-state index is 0.201. The van der Waals surface area contributed by atoms with Gasteiger partial charge in [0.15, 0.2) is 5.82 Å². The number of nitrogen functional groups attached to an aromatic ring is 1. The first-order valence-electron chi connectivity index (χ1n) is 5.74. The van der Waals surface area contributed by atoms with Gasteiger partial charge < -0.3 is 5.84 Å². The van der Waals surface area contributed by atoms with Crippen LogP contribution >= 0.6 is 11.8 Å². The maximum atomic E-state index is 11.0. The van der Waals surface area contributed by atoms with Crippen molar-refractivity contribution in [3.05, 3.63) is 44.3 Å². The molecule has 0 aliphatic heterocycles. The normalized spacial score (nSPS) is 10.5. The molecule has 0 amide bonds. The van der Waals surface area contributed by atoms with E-state index in [0.29, 0.717) is 12.2 Å². The van der Waals surface area contributed by atoms with E-state index in [-0.39, 0.29) is 21.4 Å². The molecule has 0 atom stereocenters. The lowest BCUT2D eigenvalue weighted by molar-refractivity contribution is -0.396. The molecule has 0 unspecified atom stereocenters. The summed E-state index contributed by atoms with van der Waals surface area (Å²) in [7, 11) is 0. The van der Waals surface area contributed by atoms with Crippen molar-refractivity contribution < 1.29 is 9.85 Å². The van der Waals surface area contributed by atoms with Crippen molar-refractivity contribution in [3.8, 4) is 0 Å². The molecule has 0 bridgehead atoms. The topological polar surface area (TPSA) is 143 Å². The summed E-state index contributed by atoms with van der Waals surface area (Å²) in [6.45, 7) is 1.84. The second-order valence-electron chi connectivity index (χ2n) is 3.89. The Morgan fingerprint density at radius 3 is 2.52 bits per heavy atom. The van der Waals surface area contributed by atoms with Crippen LogP contribution in [-0.4, -0.2) is 24.7 Å². The molecule has 1 aromatic heterocycles. The monoisotopic (exact) mass is 310 g/mol. The van der Waals surface area contributed by atoms with Gasteiger partial charge >= 0.3 is 0 Å². The molecule has 0 fully saturated rings. The van der Waals surface area contributed by atoms with Gasteiger partial charge in [0.1, 0.15) is 0 Å². The van der Waals surface area contributed by atoms with Crippen molar-refractivity contribution in [2.45, 2.75) is 23.4 Å². The van der Waals surface area contributed by atoms with Crippen LogP contribution in [0.5, 0.6) is 0 Å². The molecule has 0 aliphatic rings. The summed E-state index contributed by atoms with van der Waals surface area (Å²) < 4.78 is 1.23. The van der Waals surface area contributed by atoms with Crippen molar-refractivity contribution >= 4 is 23.1 Å². The van der Waals surface area contributed by atoms with Crippen LogP contribution in [-0.2, 0) is 6.42 Å². The van der Waals surface area contributed by atoms with Gasteiger partial charge in [-0.2, -0.15) is 0 Å². The SMILES string of the molecule is CCc1nnc(Sc2ccc([N+](=O)[O-])cc2[N+](=O)[O-])n1N. The highest BCUT2D eigenvalue weighted by Crippen LogP contribution is 2.35. The Hall–Kier alpha value is -2.69. The number of nitrogens with two attached hydrogens (primary N) is 1. The van der Waals surface area contributed by atoms with E-state index in [9.17, 15) is 20.2 Å². The van der Waals surface area contributed by atoms with E-state index in [0.717, 1.165) is 17.8 Å². The molecular weight excluding hydrogens is 300 g/mol. The minimum Gasteiger partial charge on any atom is -0.336 e. The Bertz CT molecular complexity index is 716. The van der Waals surface area contributed by atoms with Crippen molar-refractivity contribution in [2.24, 2.45) is 0 Å². The van der Waals surface area contributed by atoms with Gasteiger partial charge in [-0.25, -0.2) is 4.68 Å². The number of aromatic nitrogens is 3. The van der Waals surface area contributed by atoms with Crippen LogP contribution in [0.1, 0.15) is 12.7 Å². The van der Waals surface area contributed by atoms with Gasteiger partial charge in [0.25, 0.3) is 11.4 Å². The van der Waals surface area contributed by atoms with Crippen LogP contribution in [0.15, 0.2) is 28.3 Å². The van der Waals surface area contributed by atoms with Crippen molar-refractivity contribution in [3.63, 3.8) is 0 Å². The Labute approximate surface area is 122 Å². The van der Waals surface area contributed by atoms with E-state index in [1.807, 2.05) is 6.92 Å². The second kappa shape index (κ2) is 5.75. The number of rotatable bonds is 5. The first-order valence-corrected chi connectivity index (χ1v) is 6.55. The number of nitro benzene ring substituents is 2. The molecule has 0 aliphatic carbocycles. The maximum Gasteiger partial charge on any atom is 0.290 e. The summed E-state index contributed by atoms with van der Waals surface area (Å²) in [5.41, 5.74) is -0.732. The molecule has 0 saturated heterocycles. The van der Waals surface area contributed by atoms with Crippen LogP contribution in [0, 0.1) is 20.2 Å². The molecule has 0 radical (unpaired) electrons. The summed E-state index contributed by atoms with van der Waals surface area (Å²) in [5, 5.41) is 29.6. The zero-order valence-corrected chi connectivity index (χ0v) is 11.6. The van der Waals surface area contributed by atoms with E-state index in [2.05, 4.69) is 10.2 Å². The molecule has 2 rings (SSSR count). The van der Waals surface area contributed by atoms with Crippen molar-refractivity contribution in [1.29, 1.82) is 0 Å². The lowest BCUT2D eigenvalue weighted by atomic mass is 10.3.